The molecule has 0 aromatic rings. The molecule has 1 amide bonds. The second-order valence-corrected chi connectivity index (χ2v) is 5.07. The highest BCUT2D eigenvalue weighted by Crippen LogP contribution is 2.32. The third kappa shape index (κ3) is 7.10. The molecule has 0 aliphatic heterocycles. The minimum atomic E-state index is 0.0880. The summed E-state index contributed by atoms with van der Waals surface area (Å²) in [5.41, 5.74) is 0. The van der Waals surface area contributed by atoms with Gasteiger partial charge in [0.1, 0.15) is 5.78 Å². The second-order valence-electron chi connectivity index (χ2n) is 5.07. The minimum Gasteiger partial charge on any atom is -0.300 e. The molecule has 2 aliphatic carbocycles. The first-order valence-corrected chi connectivity index (χ1v) is 6.33. The van der Waals surface area contributed by atoms with Crippen molar-refractivity contribution in [3.05, 3.63) is 0 Å². The lowest BCUT2D eigenvalue weighted by atomic mass is 10.2. The molecule has 0 bridgehead atoms. The van der Waals surface area contributed by atoms with Crippen LogP contribution in [0.1, 0.15) is 45.4 Å². The normalized spacial score (nSPS) is 18.1. The quantitative estimate of drug-likeness (QED) is 0.693. The molecule has 0 radical (unpaired) electrons. The van der Waals surface area contributed by atoms with Gasteiger partial charge < -0.3 is 4.79 Å². The number of Topliss-reactive ketones (excluding diaryl/α,β-unsaturated/α-hetero) is 1. The molecule has 4 nitrogen and oxygen atoms in total. The van der Waals surface area contributed by atoms with Crippen LogP contribution in [0.3, 0.4) is 0 Å². The van der Waals surface area contributed by atoms with Crippen LogP contribution >= 0.6 is 0 Å². The third-order valence-electron chi connectivity index (χ3n) is 3.06. The Labute approximate surface area is 103 Å². The van der Waals surface area contributed by atoms with Gasteiger partial charge in [0.2, 0.25) is 5.91 Å². The molecule has 0 atom stereocenters. The van der Waals surface area contributed by atoms with Crippen molar-refractivity contribution in [2.75, 3.05) is 14.2 Å². The van der Waals surface area contributed by atoms with Crippen LogP contribution in [0, 0.1) is 11.8 Å². The summed E-state index contributed by atoms with van der Waals surface area (Å²) in [7, 11) is 3.15. The van der Waals surface area contributed by atoms with Gasteiger partial charge >= 0.3 is 0 Å². The Kier molecular flexibility index (Phi) is 5.62. The zero-order valence-corrected chi connectivity index (χ0v) is 11.1. The monoisotopic (exact) mass is 241 g/mol. The van der Waals surface area contributed by atoms with E-state index in [4.69, 9.17) is 4.84 Å². The first-order chi connectivity index (χ1) is 8.02. The highest BCUT2D eigenvalue weighted by atomic mass is 16.7. The molecule has 0 heterocycles. The van der Waals surface area contributed by atoms with Crippen LogP contribution in [-0.4, -0.2) is 30.9 Å². The molecule has 2 saturated carbocycles. The molecule has 4 heteroatoms. The molecule has 2 rings (SSSR count). The molecule has 98 valence electrons. The van der Waals surface area contributed by atoms with Gasteiger partial charge in [0, 0.05) is 19.9 Å². The number of nitrogens with zero attached hydrogens (tertiary/aromatic N) is 1. The molecule has 0 saturated heterocycles. The summed E-state index contributed by atoms with van der Waals surface area (Å²) in [5, 5.41) is 1.29. The number of hydroxylamine groups is 2. The van der Waals surface area contributed by atoms with Gasteiger partial charge in [-0.1, -0.05) is 0 Å². The van der Waals surface area contributed by atoms with Crippen molar-refractivity contribution in [1.29, 1.82) is 0 Å². The molecular weight excluding hydrogens is 218 g/mol. The summed E-state index contributed by atoms with van der Waals surface area (Å²) >= 11 is 0. The smallest absolute Gasteiger partial charge is 0.246 e. The first kappa shape index (κ1) is 14.2. The SMILES string of the molecule is CC(=O)CC1CC1.CON(C)C(=O)CC1CC1. The Balaban J connectivity index is 0.000000181. The number of amides is 1. The van der Waals surface area contributed by atoms with Gasteiger partial charge in [-0.05, 0) is 44.4 Å². The summed E-state index contributed by atoms with van der Waals surface area (Å²) in [6, 6.07) is 0. The van der Waals surface area contributed by atoms with Gasteiger partial charge in [0.05, 0.1) is 7.11 Å². The minimum absolute atomic E-state index is 0.0880. The van der Waals surface area contributed by atoms with Crippen LogP contribution in [-0.2, 0) is 14.4 Å². The second kappa shape index (κ2) is 6.74. The summed E-state index contributed by atoms with van der Waals surface area (Å²) in [6.07, 6.45) is 6.50. The predicted molar refractivity (Wildman–Crippen MR) is 65.1 cm³/mol. The first-order valence-electron chi connectivity index (χ1n) is 6.33. The van der Waals surface area contributed by atoms with E-state index in [9.17, 15) is 9.59 Å². The number of ketones is 1. The van der Waals surface area contributed by atoms with E-state index in [2.05, 4.69) is 0 Å². The highest BCUT2D eigenvalue weighted by Gasteiger charge is 2.25. The third-order valence-corrected chi connectivity index (χ3v) is 3.06. The molecule has 0 N–H and O–H groups in total. The number of rotatable bonds is 5. The molecule has 0 aromatic carbocycles. The highest BCUT2D eigenvalue weighted by molar-refractivity contribution is 5.76. The van der Waals surface area contributed by atoms with Crippen molar-refractivity contribution in [1.82, 2.24) is 5.06 Å². The number of hydrogen-bond donors (Lipinski definition) is 0. The van der Waals surface area contributed by atoms with E-state index < -0.39 is 0 Å². The van der Waals surface area contributed by atoms with E-state index in [1.807, 2.05) is 0 Å². The van der Waals surface area contributed by atoms with Gasteiger partial charge in [0.15, 0.2) is 0 Å². The lowest BCUT2D eigenvalue weighted by Crippen LogP contribution is -2.25. The molecule has 2 fully saturated rings. The fourth-order valence-corrected chi connectivity index (χ4v) is 1.53. The van der Waals surface area contributed by atoms with Crippen LogP contribution in [0.25, 0.3) is 0 Å². The molecule has 0 spiro atoms. The van der Waals surface area contributed by atoms with E-state index in [1.54, 1.807) is 14.0 Å². The Morgan fingerprint density at radius 3 is 1.88 bits per heavy atom. The molecule has 0 unspecified atom stereocenters. The summed E-state index contributed by atoms with van der Waals surface area (Å²) in [4.78, 5) is 26.0. The zero-order chi connectivity index (χ0) is 12.8. The topological polar surface area (TPSA) is 46.6 Å². The summed E-state index contributed by atoms with van der Waals surface area (Å²) in [6.45, 7) is 1.66. The standard InChI is InChI=1S/C7H13NO2.C6H10O/c1-8(10-2)7(9)5-6-3-4-6;1-5(7)4-6-2-3-6/h6H,3-5H2,1-2H3;6H,2-4H2,1H3. The lowest BCUT2D eigenvalue weighted by Gasteiger charge is -2.12. The van der Waals surface area contributed by atoms with Crippen LogP contribution in [0.4, 0.5) is 0 Å². The summed E-state index contributed by atoms with van der Waals surface area (Å²) in [5.74, 6) is 1.86. The average molecular weight is 241 g/mol. The predicted octanol–water partition coefficient (Wildman–Crippen LogP) is 2.18. The van der Waals surface area contributed by atoms with E-state index in [0.717, 1.165) is 12.3 Å². The van der Waals surface area contributed by atoms with Crippen molar-refractivity contribution < 1.29 is 14.4 Å². The van der Waals surface area contributed by atoms with Crippen molar-refractivity contribution >= 4 is 11.7 Å². The Morgan fingerprint density at radius 2 is 1.59 bits per heavy atom. The maximum Gasteiger partial charge on any atom is 0.246 e. The van der Waals surface area contributed by atoms with E-state index in [0.29, 0.717) is 18.1 Å². The number of hydrogen-bond acceptors (Lipinski definition) is 3. The maximum atomic E-state index is 11.0. The van der Waals surface area contributed by atoms with E-state index >= 15 is 0 Å². The lowest BCUT2D eigenvalue weighted by molar-refractivity contribution is -0.169. The molecule has 0 aromatic heterocycles. The Bertz CT molecular complexity index is 270. The van der Waals surface area contributed by atoms with Crippen LogP contribution < -0.4 is 0 Å². The van der Waals surface area contributed by atoms with Gasteiger partial charge in [-0.15, -0.1) is 0 Å². The van der Waals surface area contributed by atoms with Crippen molar-refractivity contribution in [2.45, 2.75) is 45.4 Å². The van der Waals surface area contributed by atoms with Crippen LogP contribution in [0.2, 0.25) is 0 Å². The molecule has 2 aliphatic rings. The van der Waals surface area contributed by atoms with Gasteiger partial charge in [-0.2, -0.15) is 0 Å². The van der Waals surface area contributed by atoms with Crippen molar-refractivity contribution in [3.63, 3.8) is 0 Å². The van der Waals surface area contributed by atoms with Crippen molar-refractivity contribution in [2.24, 2.45) is 11.8 Å². The number of carbonyl (C=O) groups is 2. The van der Waals surface area contributed by atoms with Crippen LogP contribution in [0.15, 0.2) is 0 Å². The fraction of sp³-hybridized carbons (Fsp3) is 0.846. The number of carbonyl (C=O) groups excluding carboxylic acids is 2. The molecule has 17 heavy (non-hydrogen) atoms. The van der Waals surface area contributed by atoms with E-state index in [-0.39, 0.29) is 5.91 Å². The van der Waals surface area contributed by atoms with Gasteiger partial charge in [-0.3, -0.25) is 9.63 Å². The summed E-state index contributed by atoms with van der Waals surface area (Å²) < 4.78 is 0. The fourth-order valence-electron chi connectivity index (χ4n) is 1.53. The van der Waals surface area contributed by atoms with Crippen molar-refractivity contribution in [3.8, 4) is 0 Å². The van der Waals surface area contributed by atoms with Gasteiger partial charge in [-0.25, -0.2) is 5.06 Å². The van der Waals surface area contributed by atoms with E-state index in [1.165, 1.54) is 37.9 Å². The maximum absolute atomic E-state index is 11.0. The van der Waals surface area contributed by atoms with Gasteiger partial charge in [0.25, 0.3) is 0 Å². The van der Waals surface area contributed by atoms with Crippen LogP contribution in [0.5, 0.6) is 0 Å². The zero-order valence-electron chi connectivity index (χ0n) is 11.1. The average Bonchev–Trinajstić information content (AvgIpc) is 3.13. The molecular formula is C13H23NO3. The Morgan fingerprint density at radius 1 is 1.12 bits per heavy atom. The Hall–Kier alpha value is -0.900. The largest absolute Gasteiger partial charge is 0.300 e.